The van der Waals surface area contributed by atoms with Crippen LogP contribution in [0.2, 0.25) is 0 Å². The third-order valence-corrected chi connectivity index (χ3v) is 3.26. The quantitative estimate of drug-likeness (QED) is 0.626. The normalized spacial score (nSPS) is 10.3. The Balaban J connectivity index is 3.03. The van der Waals surface area contributed by atoms with Crippen LogP contribution in [0.15, 0.2) is 16.7 Å². The summed E-state index contributed by atoms with van der Waals surface area (Å²) in [4.78, 5) is 4.15. The van der Waals surface area contributed by atoms with Crippen LogP contribution in [-0.2, 0) is 0 Å². The number of rotatable bonds is 1. The molecule has 1 aromatic heterocycles. The van der Waals surface area contributed by atoms with Crippen molar-refractivity contribution in [2.75, 3.05) is 5.43 Å². The van der Waals surface area contributed by atoms with E-state index in [2.05, 4.69) is 26.3 Å². The first kappa shape index (κ1) is 11.8. The van der Waals surface area contributed by atoms with Crippen LogP contribution in [0.3, 0.4) is 0 Å². The van der Waals surface area contributed by atoms with Gasteiger partial charge < -0.3 is 5.43 Å². The molecule has 86 valence electrons. The van der Waals surface area contributed by atoms with Crippen molar-refractivity contribution in [2.45, 2.75) is 6.92 Å². The molecule has 2 rings (SSSR count). The van der Waals surface area contributed by atoms with Crippen LogP contribution in [0.4, 0.5) is 10.1 Å². The molecule has 0 saturated heterocycles. The minimum absolute atomic E-state index is 0.246. The van der Waals surface area contributed by atoms with E-state index in [4.69, 9.17) is 11.1 Å². The summed E-state index contributed by atoms with van der Waals surface area (Å²) in [5.74, 6) is 4.98. The molecule has 17 heavy (non-hydrogen) atoms. The molecule has 6 heteroatoms. The van der Waals surface area contributed by atoms with E-state index in [1.54, 1.807) is 6.92 Å². The summed E-state index contributed by atoms with van der Waals surface area (Å²) >= 11 is 3.15. The first-order valence-corrected chi connectivity index (χ1v) is 5.53. The first-order valence-electron chi connectivity index (χ1n) is 4.74. The first-order chi connectivity index (χ1) is 8.10. The number of nitrogens with one attached hydrogen (secondary N) is 1. The zero-order chi connectivity index (χ0) is 12.6. The molecule has 0 aliphatic heterocycles. The number of nitrogens with two attached hydrogens (primary N) is 1. The Labute approximate surface area is 105 Å². The van der Waals surface area contributed by atoms with E-state index >= 15 is 0 Å². The van der Waals surface area contributed by atoms with Gasteiger partial charge in [-0.15, -0.1) is 0 Å². The molecule has 0 bridgehead atoms. The summed E-state index contributed by atoms with van der Waals surface area (Å²) in [5, 5.41) is 9.42. The van der Waals surface area contributed by atoms with Crippen molar-refractivity contribution >= 4 is 32.5 Å². The fourth-order valence-corrected chi connectivity index (χ4v) is 2.20. The van der Waals surface area contributed by atoms with Gasteiger partial charge in [-0.1, -0.05) is 0 Å². The molecule has 1 aromatic carbocycles. The molecular formula is C11H8BrFN4. The fourth-order valence-electron chi connectivity index (χ4n) is 1.70. The molecule has 0 saturated carbocycles. The fraction of sp³-hybridized carbons (Fsp3) is 0.0909. The Morgan fingerprint density at radius 2 is 2.29 bits per heavy atom. The lowest BCUT2D eigenvalue weighted by Gasteiger charge is -2.11. The molecule has 0 radical (unpaired) electrons. The van der Waals surface area contributed by atoms with Gasteiger partial charge in [-0.3, -0.25) is 10.8 Å². The van der Waals surface area contributed by atoms with Gasteiger partial charge in [0.25, 0.3) is 0 Å². The number of aromatic nitrogens is 1. The van der Waals surface area contributed by atoms with Crippen LogP contribution in [0, 0.1) is 24.1 Å². The number of nitrogens with zero attached hydrogens (tertiary/aromatic N) is 2. The van der Waals surface area contributed by atoms with Gasteiger partial charge in [-0.25, -0.2) is 4.39 Å². The van der Waals surface area contributed by atoms with Crippen molar-refractivity contribution in [1.82, 2.24) is 4.98 Å². The van der Waals surface area contributed by atoms with E-state index < -0.39 is 5.82 Å². The largest absolute Gasteiger partial charge is 0.322 e. The molecular weight excluding hydrogens is 287 g/mol. The van der Waals surface area contributed by atoms with E-state index in [0.29, 0.717) is 22.2 Å². The highest BCUT2D eigenvalue weighted by atomic mass is 79.9. The van der Waals surface area contributed by atoms with Crippen LogP contribution < -0.4 is 11.3 Å². The minimum atomic E-state index is -0.414. The van der Waals surface area contributed by atoms with E-state index in [-0.39, 0.29) is 10.0 Å². The van der Waals surface area contributed by atoms with Gasteiger partial charge >= 0.3 is 0 Å². The summed E-state index contributed by atoms with van der Waals surface area (Å²) in [5.41, 5.74) is 4.35. The monoisotopic (exact) mass is 294 g/mol. The molecule has 0 atom stereocenters. The Hall–Kier alpha value is -1.71. The van der Waals surface area contributed by atoms with Gasteiger partial charge in [0.15, 0.2) is 0 Å². The summed E-state index contributed by atoms with van der Waals surface area (Å²) < 4.78 is 13.9. The molecule has 0 spiro atoms. The molecule has 0 aliphatic rings. The molecule has 0 aliphatic carbocycles. The summed E-state index contributed by atoms with van der Waals surface area (Å²) in [6, 6.07) is 3.34. The zero-order valence-corrected chi connectivity index (χ0v) is 10.5. The minimum Gasteiger partial charge on any atom is -0.322 e. The third kappa shape index (κ3) is 1.73. The van der Waals surface area contributed by atoms with Crippen molar-refractivity contribution in [1.29, 1.82) is 5.26 Å². The number of nitrogen functional groups attached to an aromatic ring is 1. The van der Waals surface area contributed by atoms with Gasteiger partial charge in [0.1, 0.15) is 11.9 Å². The van der Waals surface area contributed by atoms with Gasteiger partial charge in [-0.2, -0.15) is 5.26 Å². The third-order valence-electron chi connectivity index (χ3n) is 2.49. The smallest absolute Gasteiger partial charge is 0.138 e. The van der Waals surface area contributed by atoms with Gasteiger partial charge in [0.05, 0.1) is 21.2 Å². The van der Waals surface area contributed by atoms with E-state index in [9.17, 15) is 4.39 Å². The average molecular weight is 295 g/mol. The number of halogens is 2. The molecule has 0 fully saturated rings. The van der Waals surface area contributed by atoms with Crippen LogP contribution >= 0.6 is 15.9 Å². The Bertz CT molecular complexity index is 648. The van der Waals surface area contributed by atoms with E-state index in [0.717, 1.165) is 0 Å². The molecule has 2 aromatic rings. The second kappa shape index (κ2) is 4.28. The number of pyridine rings is 1. The second-order valence-corrected chi connectivity index (χ2v) is 4.31. The highest BCUT2D eigenvalue weighted by Gasteiger charge is 2.15. The molecule has 0 unspecified atom stereocenters. The number of anilines is 1. The number of hydrogen-bond donors (Lipinski definition) is 2. The molecule has 0 amide bonds. The topological polar surface area (TPSA) is 74.7 Å². The Morgan fingerprint density at radius 1 is 1.59 bits per heavy atom. The molecule has 1 heterocycles. The predicted octanol–water partition coefficient (Wildman–Crippen LogP) is 2.60. The second-order valence-electron chi connectivity index (χ2n) is 3.52. The molecule has 3 N–H and O–H groups in total. The standard InChI is InChI=1S/C11H8BrFN4/c1-5-2-7(13)9(12)8-10(5)16-4-6(3-14)11(8)17-15/h2,4H,15H2,1H3,(H,16,17). The lowest BCUT2D eigenvalue weighted by atomic mass is 10.1. The van der Waals surface area contributed by atoms with Crippen LogP contribution in [0.1, 0.15) is 11.1 Å². The van der Waals surface area contributed by atoms with Crippen molar-refractivity contribution in [3.8, 4) is 6.07 Å². The number of benzene rings is 1. The summed E-state index contributed by atoms with van der Waals surface area (Å²) in [7, 11) is 0. The number of fused-ring (bicyclic) bond motifs is 1. The Kier molecular flexibility index (Phi) is 2.96. The van der Waals surface area contributed by atoms with Gasteiger partial charge in [0, 0.05) is 11.6 Å². The van der Waals surface area contributed by atoms with Crippen molar-refractivity contribution in [3.05, 3.63) is 33.7 Å². The maximum Gasteiger partial charge on any atom is 0.138 e. The highest BCUT2D eigenvalue weighted by molar-refractivity contribution is 9.10. The lowest BCUT2D eigenvalue weighted by Crippen LogP contribution is -2.10. The van der Waals surface area contributed by atoms with Crippen molar-refractivity contribution < 1.29 is 4.39 Å². The van der Waals surface area contributed by atoms with Crippen LogP contribution in [0.25, 0.3) is 10.9 Å². The molecule has 4 nitrogen and oxygen atoms in total. The number of hydrazine groups is 1. The SMILES string of the molecule is Cc1cc(F)c(Br)c2c(NN)c(C#N)cnc12. The maximum atomic E-state index is 13.6. The lowest BCUT2D eigenvalue weighted by molar-refractivity contribution is 0.622. The zero-order valence-electron chi connectivity index (χ0n) is 8.88. The summed E-state index contributed by atoms with van der Waals surface area (Å²) in [6.45, 7) is 1.75. The predicted molar refractivity (Wildman–Crippen MR) is 66.7 cm³/mol. The van der Waals surface area contributed by atoms with Gasteiger partial charge in [-0.05, 0) is 34.5 Å². The highest BCUT2D eigenvalue weighted by Crippen LogP contribution is 2.35. The van der Waals surface area contributed by atoms with Crippen LogP contribution in [0.5, 0.6) is 0 Å². The van der Waals surface area contributed by atoms with Gasteiger partial charge in [0.2, 0.25) is 0 Å². The number of nitriles is 1. The van der Waals surface area contributed by atoms with E-state index in [1.807, 2.05) is 6.07 Å². The van der Waals surface area contributed by atoms with Crippen LogP contribution in [-0.4, -0.2) is 4.98 Å². The number of hydrogen-bond acceptors (Lipinski definition) is 4. The summed E-state index contributed by atoms with van der Waals surface area (Å²) in [6.07, 6.45) is 1.41. The van der Waals surface area contributed by atoms with Crippen molar-refractivity contribution in [3.63, 3.8) is 0 Å². The Morgan fingerprint density at radius 3 is 2.88 bits per heavy atom. The number of aryl methyl sites for hydroxylation is 1. The van der Waals surface area contributed by atoms with Crippen molar-refractivity contribution in [2.24, 2.45) is 5.84 Å². The maximum absolute atomic E-state index is 13.6. The average Bonchev–Trinajstić information content (AvgIpc) is 2.34. The van der Waals surface area contributed by atoms with E-state index in [1.165, 1.54) is 12.3 Å².